The molecule has 0 aromatic heterocycles. The van der Waals surface area contributed by atoms with E-state index in [1.807, 2.05) is 0 Å². The Kier molecular flexibility index (Phi) is 9.72. The normalized spacial score (nSPS) is 16.8. The molecular formula is C31H20F7NO8. The molecule has 2 aliphatic rings. The molecule has 0 radical (unpaired) electrons. The zero-order valence-corrected chi connectivity index (χ0v) is 23.4. The van der Waals surface area contributed by atoms with Gasteiger partial charge < -0.3 is 24.6 Å². The molecule has 1 aliphatic heterocycles. The summed E-state index contributed by atoms with van der Waals surface area (Å²) in [6.07, 6.45) is -2.24. The molecule has 2 N–H and O–H groups in total. The number of Topliss-reactive ketones (excluding diaryl/α,β-unsaturated/α-hetero) is 1. The number of carbonyl (C=O) groups excluding carboxylic acids is 3. The second-order valence-electron chi connectivity index (χ2n) is 9.64. The third-order valence-corrected chi connectivity index (χ3v) is 6.36. The summed E-state index contributed by atoms with van der Waals surface area (Å²) in [7, 11) is 0. The van der Waals surface area contributed by atoms with Gasteiger partial charge in [-0.25, -0.2) is 0 Å². The van der Waals surface area contributed by atoms with Crippen molar-refractivity contribution in [1.82, 2.24) is 5.32 Å². The number of benzene rings is 2. The highest BCUT2D eigenvalue weighted by atomic mass is 19.4. The van der Waals surface area contributed by atoms with Crippen molar-refractivity contribution in [2.75, 3.05) is 6.54 Å². The highest BCUT2D eigenvalue weighted by Gasteiger charge is 2.59. The Balaban J connectivity index is 1.63. The van der Waals surface area contributed by atoms with Gasteiger partial charge in [-0.1, -0.05) is 30.3 Å². The van der Waals surface area contributed by atoms with Crippen LogP contribution in [-0.2, 0) is 19.1 Å². The zero-order chi connectivity index (χ0) is 34.6. The van der Waals surface area contributed by atoms with E-state index in [4.69, 9.17) is 14.6 Å². The quantitative estimate of drug-likeness (QED) is 0.167. The van der Waals surface area contributed by atoms with E-state index in [-0.39, 0.29) is 35.7 Å². The third-order valence-electron chi connectivity index (χ3n) is 6.36. The fourth-order valence-corrected chi connectivity index (χ4v) is 4.07. The standard InChI is InChI=1S/C31H20F7NO8/c32-29(33)12-1-2-22(30(29,34)35)24-15-45-16-25(46-24)23(40)14-21(17-7-9-20(10-8-17)47-31(36,37)38)27(43)18-3-5-19(6-4-18)28(44)39-13-11-26(41)42/h1-10,12,14-16H,11,13H2,(H,39,44)(H,41,42)/b21-14-. The maximum atomic E-state index is 14.5. The van der Waals surface area contributed by atoms with Gasteiger partial charge in [0.25, 0.3) is 5.91 Å². The number of hydrogen-bond acceptors (Lipinski definition) is 7. The number of rotatable bonds is 11. The molecule has 0 unspecified atom stereocenters. The van der Waals surface area contributed by atoms with Gasteiger partial charge in [0.05, 0.1) is 12.0 Å². The Bertz CT molecular complexity index is 1740. The Hall–Kier alpha value is -5.67. The van der Waals surface area contributed by atoms with Crippen molar-refractivity contribution in [1.29, 1.82) is 0 Å². The molecule has 1 aliphatic carbocycles. The largest absolute Gasteiger partial charge is 0.573 e. The first-order valence-electron chi connectivity index (χ1n) is 13.1. The summed E-state index contributed by atoms with van der Waals surface area (Å²) < 4.78 is 108. The lowest BCUT2D eigenvalue weighted by atomic mass is 9.94. The van der Waals surface area contributed by atoms with Crippen LogP contribution in [0.3, 0.4) is 0 Å². The van der Waals surface area contributed by atoms with Crippen LogP contribution < -0.4 is 10.1 Å². The third kappa shape index (κ3) is 8.14. The summed E-state index contributed by atoms with van der Waals surface area (Å²) in [5.41, 5.74) is -1.97. The van der Waals surface area contributed by atoms with Gasteiger partial charge in [0.2, 0.25) is 11.5 Å². The van der Waals surface area contributed by atoms with Gasteiger partial charge in [0.15, 0.2) is 11.5 Å². The van der Waals surface area contributed by atoms with Crippen molar-refractivity contribution >= 4 is 29.0 Å². The van der Waals surface area contributed by atoms with E-state index in [0.29, 0.717) is 30.8 Å². The lowest BCUT2D eigenvalue weighted by Gasteiger charge is -2.30. The number of halogens is 7. The van der Waals surface area contributed by atoms with Crippen LogP contribution in [-0.4, -0.2) is 53.3 Å². The summed E-state index contributed by atoms with van der Waals surface area (Å²) in [5, 5.41) is 11.1. The molecule has 0 fully saturated rings. The fourth-order valence-electron chi connectivity index (χ4n) is 4.07. The predicted octanol–water partition coefficient (Wildman–Crippen LogP) is 6.12. The Morgan fingerprint density at radius 1 is 0.894 bits per heavy atom. The minimum absolute atomic E-state index is 0.0211. The number of allylic oxidation sites excluding steroid dienone is 6. The second kappa shape index (κ2) is 13.4. The first kappa shape index (κ1) is 34.2. The summed E-state index contributed by atoms with van der Waals surface area (Å²) in [4.78, 5) is 49.7. The van der Waals surface area contributed by atoms with Gasteiger partial charge in [0, 0.05) is 29.3 Å². The average Bonchev–Trinajstić information content (AvgIpc) is 3.00. The number of ketones is 2. The number of nitrogens with one attached hydrogen (secondary N) is 1. The molecule has 2 aromatic rings. The van der Waals surface area contributed by atoms with Crippen LogP contribution >= 0.6 is 0 Å². The van der Waals surface area contributed by atoms with E-state index in [1.165, 1.54) is 24.3 Å². The summed E-state index contributed by atoms with van der Waals surface area (Å²) >= 11 is 0. The monoisotopic (exact) mass is 667 g/mol. The summed E-state index contributed by atoms with van der Waals surface area (Å²) in [5.74, 6) is -15.6. The molecule has 0 saturated carbocycles. The first-order valence-corrected chi connectivity index (χ1v) is 13.1. The highest BCUT2D eigenvalue weighted by Crippen LogP contribution is 2.47. The lowest BCUT2D eigenvalue weighted by molar-refractivity contribution is -0.274. The molecule has 47 heavy (non-hydrogen) atoms. The summed E-state index contributed by atoms with van der Waals surface area (Å²) in [6.45, 7) is -0.176. The topological polar surface area (TPSA) is 128 Å². The van der Waals surface area contributed by atoms with Crippen molar-refractivity contribution in [3.8, 4) is 5.75 Å². The molecule has 4 rings (SSSR count). The maximum absolute atomic E-state index is 14.5. The maximum Gasteiger partial charge on any atom is 0.573 e. The zero-order valence-electron chi connectivity index (χ0n) is 23.4. The molecule has 0 saturated heterocycles. The van der Waals surface area contributed by atoms with Crippen molar-refractivity contribution < 1.29 is 69.2 Å². The van der Waals surface area contributed by atoms with Gasteiger partial charge in [0.1, 0.15) is 18.3 Å². The predicted molar refractivity (Wildman–Crippen MR) is 147 cm³/mol. The lowest BCUT2D eigenvalue weighted by Crippen LogP contribution is -2.42. The molecule has 0 bridgehead atoms. The van der Waals surface area contributed by atoms with E-state index in [2.05, 4.69) is 10.1 Å². The van der Waals surface area contributed by atoms with E-state index in [1.54, 1.807) is 0 Å². The van der Waals surface area contributed by atoms with Gasteiger partial charge >= 0.3 is 24.2 Å². The number of aliphatic carboxylic acids is 1. The number of carboxylic acid groups (broad SMARTS) is 1. The van der Waals surface area contributed by atoms with Crippen LogP contribution in [0.4, 0.5) is 30.7 Å². The average molecular weight is 667 g/mol. The fraction of sp³-hybridized carbons (Fsp3) is 0.161. The van der Waals surface area contributed by atoms with Crippen molar-refractivity contribution in [2.45, 2.75) is 24.6 Å². The molecule has 1 heterocycles. The molecule has 1 amide bonds. The van der Waals surface area contributed by atoms with Gasteiger partial charge in [-0.05, 0) is 42.0 Å². The van der Waals surface area contributed by atoms with Crippen LogP contribution in [0.15, 0.2) is 102 Å². The smallest absolute Gasteiger partial charge is 0.481 e. The molecular weight excluding hydrogens is 647 g/mol. The van der Waals surface area contributed by atoms with Crippen LogP contribution in [0.25, 0.3) is 5.57 Å². The van der Waals surface area contributed by atoms with Crippen molar-refractivity contribution in [2.24, 2.45) is 0 Å². The van der Waals surface area contributed by atoms with E-state index in [9.17, 15) is 49.9 Å². The minimum Gasteiger partial charge on any atom is -0.481 e. The molecule has 2 aromatic carbocycles. The van der Waals surface area contributed by atoms with Crippen LogP contribution in [0, 0.1) is 0 Å². The Labute approximate surface area is 259 Å². The van der Waals surface area contributed by atoms with Crippen LogP contribution in [0.2, 0.25) is 0 Å². The van der Waals surface area contributed by atoms with Gasteiger partial charge in [-0.15, -0.1) is 13.2 Å². The molecule has 9 nitrogen and oxygen atoms in total. The number of carboxylic acids is 1. The van der Waals surface area contributed by atoms with E-state index >= 15 is 0 Å². The number of ether oxygens (including phenoxy) is 3. The number of amides is 1. The van der Waals surface area contributed by atoms with Crippen LogP contribution in [0.5, 0.6) is 5.75 Å². The van der Waals surface area contributed by atoms with E-state index in [0.717, 1.165) is 24.3 Å². The number of carbonyl (C=O) groups is 4. The van der Waals surface area contributed by atoms with Gasteiger partial charge in [-0.3, -0.25) is 19.2 Å². The highest BCUT2D eigenvalue weighted by molar-refractivity contribution is 6.32. The summed E-state index contributed by atoms with van der Waals surface area (Å²) in [6, 6.07) is 8.52. The second-order valence-corrected chi connectivity index (χ2v) is 9.64. The number of alkyl halides is 7. The molecule has 0 spiro atoms. The first-order chi connectivity index (χ1) is 22.0. The van der Waals surface area contributed by atoms with Gasteiger partial charge in [-0.2, -0.15) is 17.6 Å². The molecule has 246 valence electrons. The molecule has 16 heteroatoms. The van der Waals surface area contributed by atoms with Crippen LogP contribution in [0.1, 0.15) is 32.7 Å². The van der Waals surface area contributed by atoms with E-state index < -0.39 is 70.1 Å². The number of hydrogen-bond donors (Lipinski definition) is 2. The molecule has 0 atom stereocenters. The Morgan fingerprint density at radius 2 is 1.51 bits per heavy atom. The van der Waals surface area contributed by atoms with Crippen molar-refractivity contribution in [3.05, 3.63) is 119 Å². The Morgan fingerprint density at radius 3 is 2.13 bits per heavy atom. The van der Waals surface area contributed by atoms with Crippen molar-refractivity contribution in [3.63, 3.8) is 0 Å². The SMILES string of the molecule is O=C(O)CCNC(=O)c1ccc(C(=O)/C(=C\C(=O)C2=COC=C(C3=CC=CC(F)(F)C3(F)F)O2)c2ccc(OC(F)(F)F)cc2)cc1. The minimum atomic E-state index is -5.03.